The molecule has 2 aliphatic carbocycles. The van der Waals surface area contributed by atoms with Crippen molar-refractivity contribution in [1.29, 1.82) is 0 Å². The maximum Gasteiger partial charge on any atom is 0.512 e. The van der Waals surface area contributed by atoms with Crippen molar-refractivity contribution in [3.05, 3.63) is 36.4 Å². The SMILES string of the molecule is CC1CCC(C(=O)N(c2cc(-c3ccccc3)sc2OC(=O)O)C2CCC(=NO)CC2)CC1. The Balaban J connectivity index is 1.73. The molecule has 0 saturated heterocycles. The summed E-state index contributed by atoms with van der Waals surface area (Å²) in [5.74, 6) is 0.591. The van der Waals surface area contributed by atoms with Crippen molar-refractivity contribution in [2.45, 2.75) is 64.3 Å². The quantitative estimate of drug-likeness (QED) is 0.299. The number of carboxylic acid groups (broad SMARTS) is 1. The number of carbonyl (C=O) groups is 2. The molecule has 0 unspecified atom stereocenters. The lowest BCUT2D eigenvalue weighted by Crippen LogP contribution is -2.46. The van der Waals surface area contributed by atoms with E-state index in [9.17, 15) is 14.7 Å². The highest BCUT2D eigenvalue weighted by atomic mass is 32.1. The third-order valence-electron chi connectivity index (χ3n) is 6.82. The maximum atomic E-state index is 13.9. The highest BCUT2D eigenvalue weighted by molar-refractivity contribution is 7.18. The van der Waals surface area contributed by atoms with Gasteiger partial charge >= 0.3 is 6.16 Å². The highest BCUT2D eigenvalue weighted by Crippen LogP contribution is 2.46. The number of rotatable bonds is 5. The summed E-state index contributed by atoms with van der Waals surface area (Å²) in [6, 6.07) is 11.5. The Morgan fingerprint density at radius 1 is 1.06 bits per heavy atom. The normalized spacial score (nSPS) is 23.1. The van der Waals surface area contributed by atoms with Crippen LogP contribution in [0, 0.1) is 11.8 Å². The number of amides is 1. The zero-order valence-corrected chi connectivity index (χ0v) is 19.6. The van der Waals surface area contributed by atoms with Crippen molar-refractivity contribution in [1.82, 2.24) is 0 Å². The zero-order chi connectivity index (χ0) is 23.4. The molecular formula is C25H30N2O5S. The van der Waals surface area contributed by atoms with Gasteiger partial charge in [-0.3, -0.25) is 4.79 Å². The third kappa shape index (κ3) is 5.38. The molecule has 176 valence electrons. The van der Waals surface area contributed by atoms with Gasteiger partial charge in [-0.05, 0) is 68.9 Å². The second-order valence-electron chi connectivity index (χ2n) is 9.08. The Hall–Kier alpha value is -2.87. The standard InChI is InChI=1S/C25H30N2O5S/c1-16-7-9-18(10-8-16)23(28)27(20-13-11-19(26-31)12-14-20)21-15-22(17-5-3-2-4-6-17)33-24(21)32-25(29)30/h2-6,15-16,18,20,31H,7-14H2,1H3,(H,29,30). The monoisotopic (exact) mass is 470 g/mol. The molecule has 33 heavy (non-hydrogen) atoms. The van der Waals surface area contributed by atoms with E-state index in [-0.39, 0.29) is 22.9 Å². The first kappa shape index (κ1) is 23.3. The summed E-state index contributed by atoms with van der Waals surface area (Å²) in [4.78, 5) is 28.0. The number of thiophene rings is 1. The summed E-state index contributed by atoms with van der Waals surface area (Å²) in [5.41, 5.74) is 2.21. The molecule has 2 aromatic rings. The van der Waals surface area contributed by atoms with Gasteiger partial charge in [-0.25, -0.2) is 4.79 Å². The summed E-state index contributed by atoms with van der Waals surface area (Å²) in [5, 5.41) is 22.1. The van der Waals surface area contributed by atoms with Crippen LogP contribution in [-0.2, 0) is 4.79 Å². The van der Waals surface area contributed by atoms with Gasteiger partial charge in [0, 0.05) is 16.8 Å². The van der Waals surface area contributed by atoms with Gasteiger partial charge in [0.2, 0.25) is 11.0 Å². The molecule has 0 spiro atoms. The number of anilines is 1. The minimum atomic E-state index is -1.39. The molecule has 2 N–H and O–H groups in total. The van der Waals surface area contributed by atoms with Crippen LogP contribution in [0.5, 0.6) is 5.06 Å². The van der Waals surface area contributed by atoms with Gasteiger partial charge < -0.3 is 20.0 Å². The Morgan fingerprint density at radius 3 is 2.33 bits per heavy atom. The Morgan fingerprint density at radius 2 is 1.73 bits per heavy atom. The van der Waals surface area contributed by atoms with Crippen LogP contribution in [0.3, 0.4) is 0 Å². The predicted molar refractivity (Wildman–Crippen MR) is 128 cm³/mol. The average molecular weight is 471 g/mol. The second-order valence-corrected chi connectivity index (χ2v) is 10.1. The van der Waals surface area contributed by atoms with Crippen LogP contribution in [0.4, 0.5) is 10.5 Å². The van der Waals surface area contributed by atoms with Crippen LogP contribution < -0.4 is 9.64 Å². The van der Waals surface area contributed by atoms with Crippen LogP contribution in [0.2, 0.25) is 0 Å². The third-order valence-corrected chi connectivity index (χ3v) is 7.87. The van der Waals surface area contributed by atoms with E-state index in [0.717, 1.165) is 41.8 Å². The van der Waals surface area contributed by atoms with Gasteiger partial charge in [0.15, 0.2) is 0 Å². The fourth-order valence-corrected chi connectivity index (χ4v) is 5.92. The number of hydrogen-bond acceptors (Lipinski definition) is 6. The lowest BCUT2D eigenvalue weighted by atomic mass is 9.81. The van der Waals surface area contributed by atoms with E-state index < -0.39 is 6.16 Å². The first-order valence-electron chi connectivity index (χ1n) is 11.6. The largest absolute Gasteiger partial charge is 0.512 e. The average Bonchev–Trinajstić information content (AvgIpc) is 3.23. The lowest BCUT2D eigenvalue weighted by Gasteiger charge is -2.37. The van der Waals surface area contributed by atoms with E-state index in [1.807, 2.05) is 36.4 Å². The van der Waals surface area contributed by atoms with Crippen molar-refractivity contribution in [2.75, 3.05) is 4.90 Å². The smallest absolute Gasteiger partial charge is 0.449 e. The number of carbonyl (C=O) groups excluding carboxylic acids is 1. The Kier molecular flexibility index (Phi) is 7.33. The van der Waals surface area contributed by atoms with Gasteiger partial charge in [0.1, 0.15) is 0 Å². The van der Waals surface area contributed by atoms with E-state index in [0.29, 0.717) is 37.3 Å². The first-order chi connectivity index (χ1) is 16.0. The molecule has 1 heterocycles. The summed E-state index contributed by atoms with van der Waals surface area (Å²) in [6.45, 7) is 2.22. The van der Waals surface area contributed by atoms with Crippen LogP contribution in [0.15, 0.2) is 41.6 Å². The van der Waals surface area contributed by atoms with Crippen LogP contribution in [0.1, 0.15) is 58.3 Å². The molecule has 1 aromatic heterocycles. The van der Waals surface area contributed by atoms with Crippen molar-refractivity contribution >= 4 is 34.8 Å². The van der Waals surface area contributed by atoms with Crippen LogP contribution >= 0.6 is 11.3 Å². The van der Waals surface area contributed by atoms with E-state index in [1.54, 1.807) is 4.90 Å². The number of benzene rings is 1. The van der Waals surface area contributed by atoms with Gasteiger partial charge in [-0.1, -0.05) is 53.7 Å². The molecule has 0 aliphatic heterocycles. The maximum absolute atomic E-state index is 13.9. The van der Waals surface area contributed by atoms with Gasteiger partial charge in [0.25, 0.3) is 0 Å². The van der Waals surface area contributed by atoms with E-state index in [1.165, 1.54) is 11.3 Å². The first-order valence-corrected chi connectivity index (χ1v) is 12.4. The lowest BCUT2D eigenvalue weighted by molar-refractivity contribution is -0.124. The van der Waals surface area contributed by atoms with Crippen molar-refractivity contribution in [3.8, 4) is 15.5 Å². The zero-order valence-electron chi connectivity index (χ0n) is 18.8. The second kappa shape index (κ2) is 10.4. The van der Waals surface area contributed by atoms with Crippen molar-refractivity contribution in [2.24, 2.45) is 17.0 Å². The number of hydrogen-bond donors (Lipinski definition) is 2. The molecule has 0 atom stereocenters. The minimum Gasteiger partial charge on any atom is -0.449 e. The fourth-order valence-electron chi connectivity index (χ4n) is 4.92. The molecule has 8 heteroatoms. The molecule has 7 nitrogen and oxygen atoms in total. The molecule has 2 fully saturated rings. The van der Waals surface area contributed by atoms with E-state index in [4.69, 9.17) is 9.94 Å². The topological polar surface area (TPSA) is 99.4 Å². The van der Waals surface area contributed by atoms with Crippen LogP contribution in [-0.4, -0.2) is 34.1 Å². The number of oxime groups is 1. The molecule has 2 aliphatic rings. The summed E-state index contributed by atoms with van der Waals surface area (Å²) >= 11 is 1.24. The number of ether oxygens (including phenoxy) is 1. The van der Waals surface area contributed by atoms with Gasteiger partial charge in [-0.15, -0.1) is 0 Å². The molecule has 4 rings (SSSR count). The molecule has 1 aromatic carbocycles. The number of nitrogens with zero attached hydrogens (tertiary/aromatic N) is 2. The Bertz CT molecular complexity index is 1000. The summed E-state index contributed by atoms with van der Waals surface area (Å²) in [6.07, 6.45) is 4.88. The molecule has 1 amide bonds. The molecule has 0 bridgehead atoms. The summed E-state index contributed by atoms with van der Waals surface area (Å²) in [7, 11) is 0. The van der Waals surface area contributed by atoms with Gasteiger partial charge in [-0.2, -0.15) is 0 Å². The van der Waals surface area contributed by atoms with Gasteiger partial charge in [0.05, 0.1) is 11.4 Å². The van der Waals surface area contributed by atoms with Crippen molar-refractivity contribution in [3.63, 3.8) is 0 Å². The van der Waals surface area contributed by atoms with Crippen molar-refractivity contribution < 1.29 is 24.6 Å². The minimum absolute atomic E-state index is 0.0453. The van der Waals surface area contributed by atoms with Crippen LogP contribution in [0.25, 0.3) is 10.4 Å². The Labute approximate surface area is 197 Å². The molecule has 0 radical (unpaired) electrons. The fraction of sp³-hybridized carbons (Fsp3) is 0.480. The highest BCUT2D eigenvalue weighted by Gasteiger charge is 2.37. The van der Waals surface area contributed by atoms with E-state index >= 15 is 0 Å². The molecular weight excluding hydrogens is 440 g/mol. The van der Waals surface area contributed by atoms with E-state index in [2.05, 4.69) is 12.1 Å². The molecule has 2 saturated carbocycles. The predicted octanol–water partition coefficient (Wildman–Crippen LogP) is 6.40. The summed E-state index contributed by atoms with van der Waals surface area (Å²) < 4.78 is 5.19.